The first-order chi connectivity index (χ1) is 9.28. The number of hydrogen-bond donors (Lipinski definition) is 2. The summed E-state index contributed by atoms with van der Waals surface area (Å²) in [5.41, 5.74) is 2.71. The Kier molecular flexibility index (Phi) is 3.63. The maximum Gasteiger partial charge on any atom is 0.0954 e. The van der Waals surface area contributed by atoms with Gasteiger partial charge in [0, 0.05) is 17.3 Å². The van der Waals surface area contributed by atoms with Crippen LogP contribution in [0.2, 0.25) is 0 Å². The number of rotatable bonds is 4. The number of aliphatic hydroxyl groups excluding tert-OH is 1. The van der Waals surface area contributed by atoms with Crippen LogP contribution in [-0.4, -0.2) is 33.3 Å². The van der Waals surface area contributed by atoms with Crippen LogP contribution in [0.15, 0.2) is 6.33 Å². The molecular formula is C15H25N3O. The standard InChI is InChI=1S/C15H25N3O/c1-2-17-15(10-19)8-7-12(9-15)18-11-16-13-5-3-4-6-14(13)18/h11-12,17,19H,2-10H2,1H3. The molecule has 0 aliphatic heterocycles. The van der Waals surface area contributed by atoms with Gasteiger partial charge in [-0.2, -0.15) is 0 Å². The topological polar surface area (TPSA) is 50.1 Å². The van der Waals surface area contributed by atoms with E-state index < -0.39 is 0 Å². The first kappa shape index (κ1) is 13.1. The monoisotopic (exact) mass is 263 g/mol. The zero-order valence-corrected chi connectivity index (χ0v) is 11.9. The van der Waals surface area contributed by atoms with E-state index in [9.17, 15) is 5.11 Å². The second kappa shape index (κ2) is 5.25. The van der Waals surface area contributed by atoms with E-state index in [4.69, 9.17) is 0 Å². The molecule has 0 spiro atoms. The molecule has 0 bridgehead atoms. The molecular weight excluding hydrogens is 238 g/mol. The van der Waals surface area contributed by atoms with E-state index >= 15 is 0 Å². The molecule has 2 aliphatic rings. The predicted molar refractivity (Wildman–Crippen MR) is 75.3 cm³/mol. The lowest BCUT2D eigenvalue weighted by molar-refractivity contribution is 0.162. The molecule has 3 rings (SSSR count). The molecule has 0 amide bonds. The van der Waals surface area contributed by atoms with Crippen LogP contribution in [0.3, 0.4) is 0 Å². The van der Waals surface area contributed by atoms with Gasteiger partial charge in [-0.05, 0) is 51.5 Å². The van der Waals surface area contributed by atoms with E-state index in [1.54, 1.807) is 0 Å². The fraction of sp³-hybridized carbons (Fsp3) is 0.800. The fourth-order valence-electron chi connectivity index (χ4n) is 3.88. The van der Waals surface area contributed by atoms with Crippen molar-refractivity contribution in [3.05, 3.63) is 17.7 Å². The summed E-state index contributed by atoms with van der Waals surface area (Å²) in [7, 11) is 0. The third-order valence-corrected chi connectivity index (χ3v) is 4.89. The van der Waals surface area contributed by atoms with Crippen LogP contribution in [0.1, 0.15) is 56.5 Å². The van der Waals surface area contributed by atoms with Crippen molar-refractivity contribution in [3.8, 4) is 0 Å². The Labute approximate surface area is 115 Å². The smallest absolute Gasteiger partial charge is 0.0954 e. The van der Waals surface area contributed by atoms with Gasteiger partial charge in [0.15, 0.2) is 0 Å². The normalized spacial score (nSPS) is 30.5. The Bertz CT molecular complexity index is 443. The zero-order chi connectivity index (χ0) is 13.3. The van der Waals surface area contributed by atoms with E-state index in [-0.39, 0.29) is 12.1 Å². The summed E-state index contributed by atoms with van der Waals surface area (Å²) < 4.78 is 2.41. The molecule has 1 fully saturated rings. The highest BCUT2D eigenvalue weighted by Gasteiger charge is 2.39. The van der Waals surface area contributed by atoms with Crippen molar-refractivity contribution in [2.45, 2.75) is 63.5 Å². The average Bonchev–Trinajstić information content (AvgIpc) is 3.03. The quantitative estimate of drug-likeness (QED) is 0.871. The van der Waals surface area contributed by atoms with Crippen LogP contribution in [-0.2, 0) is 12.8 Å². The van der Waals surface area contributed by atoms with Gasteiger partial charge in [0.25, 0.3) is 0 Å². The first-order valence-corrected chi connectivity index (χ1v) is 7.68. The van der Waals surface area contributed by atoms with Gasteiger partial charge in [0.1, 0.15) is 0 Å². The van der Waals surface area contributed by atoms with Gasteiger partial charge in [-0.15, -0.1) is 0 Å². The second-order valence-electron chi connectivity index (χ2n) is 6.12. The third-order valence-electron chi connectivity index (χ3n) is 4.89. The van der Waals surface area contributed by atoms with E-state index in [1.165, 1.54) is 30.7 Å². The van der Waals surface area contributed by atoms with Crippen molar-refractivity contribution < 1.29 is 5.11 Å². The van der Waals surface area contributed by atoms with Crippen LogP contribution in [0.25, 0.3) is 0 Å². The predicted octanol–water partition coefficient (Wildman–Crippen LogP) is 1.83. The highest BCUT2D eigenvalue weighted by molar-refractivity contribution is 5.18. The number of hydrogen-bond acceptors (Lipinski definition) is 3. The lowest BCUT2D eigenvalue weighted by Crippen LogP contribution is -2.46. The summed E-state index contributed by atoms with van der Waals surface area (Å²) in [6, 6.07) is 0.514. The molecule has 0 radical (unpaired) electrons. The van der Waals surface area contributed by atoms with Crippen LogP contribution >= 0.6 is 0 Å². The third kappa shape index (κ3) is 2.32. The Balaban J connectivity index is 1.79. The number of nitrogens with one attached hydrogen (secondary N) is 1. The van der Waals surface area contributed by atoms with E-state index in [2.05, 4.69) is 21.8 Å². The van der Waals surface area contributed by atoms with Crippen molar-refractivity contribution in [3.63, 3.8) is 0 Å². The van der Waals surface area contributed by atoms with Crippen LogP contribution in [0.4, 0.5) is 0 Å². The minimum absolute atomic E-state index is 0.0642. The lowest BCUT2D eigenvalue weighted by atomic mass is 9.98. The van der Waals surface area contributed by atoms with Gasteiger partial charge >= 0.3 is 0 Å². The number of nitrogens with zero attached hydrogens (tertiary/aromatic N) is 2. The minimum atomic E-state index is -0.0642. The van der Waals surface area contributed by atoms with Gasteiger partial charge in [-0.1, -0.05) is 6.92 Å². The molecule has 19 heavy (non-hydrogen) atoms. The SMILES string of the molecule is CCNC1(CO)CCC(n2cnc3c2CCCC3)C1. The Morgan fingerprint density at radius 2 is 2.32 bits per heavy atom. The number of imidazole rings is 1. The Morgan fingerprint density at radius 3 is 3.11 bits per heavy atom. The molecule has 2 unspecified atom stereocenters. The van der Waals surface area contributed by atoms with Gasteiger partial charge in [-0.3, -0.25) is 0 Å². The molecule has 106 valence electrons. The molecule has 1 aromatic rings. The van der Waals surface area contributed by atoms with Crippen molar-refractivity contribution in [1.29, 1.82) is 0 Å². The number of aryl methyl sites for hydroxylation is 1. The summed E-state index contributed by atoms with van der Waals surface area (Å²) in [6.07, 6.45) is 10.2. The van der Waals surface area contributed by atoms with E-state index in [1.807, 2.05) is 6.33 Å². The number of aromatic nitrogens is 2. The summed E-state index contributed by atoms with van der Waals surface area (Å²) in [6.45, 7) is 3.29. The van der Waals surface area contributed by atoms with Gasteiger partial charge in [0.05, 0.1) is 18.6 Å². The summed E-state index contributed by atoms with van der Waals surface area (Å²) in [5.74, 6) is 0. The summed E-state index contributed by atoms with van der Waals surface area (Å²) >= 11 is 0. The highest BCUT2D eigenvalue weighted by Crippen LogP contribution is 2.39. The number of fused-ring (bicyclic) bond motifs is 1. The van der Waals surface area contributed by atoms with Gasteiger partial charge in [-0.25, -0.2) is 4.98 Å². The van der Waals surface area contributed by atoms with Gasteiger partial charge < -0.3 is 15.0 Å². The minimum Gasteiger partial charge on any atom is -0.394 e. The van der Waals surface area contributed by atoms with E-state index in [0.717, 1.165) is 32.2 Å². The molecule has 1 aromatic heterocycles. The maximum atomic E-state index is 9.71. The Morgan fingerprint density at radius 1 is 1.47 bits per heavy atom. The summed E-state index contributed by atoms with van der Waals surface area (Å²) in [5, 5.41) is 13.2. The largest absolute Gasteiger partial charge is 0.394 e. The first-order valence-electron chi connectivity index (χ1n) is 7.68. The molecule has 1 saturated carbocycles. The lowest BCUT2D eigenvalue weighted by Gasteiger charge is -2.28. The molecule has 2 N–H and O–H groups in total. The number of aliphatic hydroxyl groups is 1. The Hall–Kier alpha value is -0.870. The molecule has 0 aromatic carbocycles. The number of likely N-dealkylation sites (N-methyl/N-ethyl adjacent to an activating group) is 1. The second-order valence-corrected chi connectivity index (χ2v) is 6.12. The summed E-state index contributed by atoms with van der Waals surface area (Å²) in [4.78, 5) is 4.60. The zero-order valence-electron chi connectivity index (χ0n) is 11.9. The van der Waals surface area contributed by atoms with Crippen molar-refractivity contribution >= 4 is 0 Å². The van der Waals surface area contributed by atoms with Crippen LogP contribution < -0.4 is 5.32 Å². The maximum absolute atomic E-state index is 9.71. The van der Waals surface area contributed by atoms with Crippen LogP contribution in [0, 0.1) is 0 Å². The average molecular weight is 263 g/mol. The van der Waals surface area contributed by atoms with Crippen molar-refractivity contribution in [2.75, 3.05) is 13.2 Å². The molecule has 4 heteroatoms. The van der Waals surface area contributed by atoms with E-state index in [0.29, 0.717) is 6.04 Å². The molecule has 4 nitrogen and oxygen atoms in total. The van der Waals surface area contributed by atoms with Crippen LogP contribution in [0.5, 0.6) is 0 Å². The molecule has 0 saturated heterocycles. The van der Waals surface area contributed by atoms with Crippen molar-refractivity contribution in [2.24, 2.45) is 0 Å². The molecule has 2 aliphatic carbocycles. The van der Waals surface area contributed by atoms with Gasteiger partial charge in [0.2, 0.25) is 0 Å². The molecule has 2 atom stereocenters. The molecule has 1 heterocycles. The fourth-order valence-corrected chi connectivity index (χ4v) is 3.88. The highest BCUT2D eigenvalue weighted by atomic mass is 16.3. The van der Waals surface area contributed by atoms with Crippen molar-refractivity contribution in [1.82, 2.24) is 14.9 Å².